The maximum absolute atomic E-state index is 5.83. The molecule has 121 valence electrons. The second kappa shape index (κ2) is 6.93. The van der Waals surface area contributed by atoms with E-state index in [-0.39, 0.29) is 0 Å². The lowest BCUT2D eigenvalue weighted by Gasteiger charge is -2.09. The highest BCUT2D eigenvalue weighted by molar-refractivity contribution is 6.20. The van der Waals surface area contributed by atoms with Crippen molar-refractivity contribution in [2.24, 2.45) is 0 Å². The first-order valence-corrected chi connectivity index (χ1v) is 8.62. The van der Waals surface area contributed by atoms with E-state index < -0.39 is 15.9 Å². The first-order chi connectivity index (χ1) is 12.3. The Morgan fingerprint density at radius 2 is 1.68 bits per heavy atom. The fourth-order valence-electron chi connectivity index (χ4n) is 2.29. The van der Waals surface area contributed by atoms with Gasteiger partial charge in [-0.25, -0.2) is 15.0 Å². The fraction of sp³-hybridized carbons (Fsp3) is 0.0556. The second-order valence-corrected chi connectivity index (χ2v) is 6.02. The highest BCUT2D eigenvalue weighted by Gasteiger charge is 2.15. The van der Waals surface area contributed by atoms with Crippen LogP contribution in [0.1, 0.15) is 5.56 Å². The number of fused-ring (bicyclic) bond motifs is 1. The van der Waals surface area contributed by atoms with Crippen molar-refractivity contribution in [1.82, 2.24) is 15.0 Å². The molecule has 0 aliphatic heterocycles. The van der Waals surface area contributed by atoms with Crippen LogP contribution in [0.2, 0.25) is 0 Å². The van der Waals surface area contributed by atoms with Crippen molar-refractivity contribution in [3.63, 3.8) is 0 Å². The molecule has 2 heterocycles. The first kappa shape index (κ1) is 15.6. The zero-order chi connectivity index (χ0) is 17.1. The van der Waals surface area contributed by atoms with Crippen molar-refractivity contribution < 1.29 is 12.0 Å². The van der Waals surface area contributed by atoms with Crippen LogP contribution < -0.4 is 7.58 Å². The quantitative estimate of drug-likeness (QED) is 0.514. The van der Waals surface area contributed by atoms with Crippen LogP contribution in [-0.4, -0.2) is 30.8 Å². The average molecular weight is 346 g/mol. The molecule has 0 aliphatic rings. The fourth-order valence-corrected chi connectivity index (χ4v) is 2.86. The lowest BCUT2D eigenvalue weighted by molar-refractivity contribution is 0.435. The number of oxazole rings is 1. The molecule has 0 amide bonds. The van der Waals surface area contributed by atoms with Crippen molar-refractivity contribution in [2.45, 2.75) is 6.92 Å². The number of hydrogen-bond donors (Lipinski definition) is 0. The Hall–Kier alpha value is -2.88. The van der Waals surface area contributed by atoms with Crippen LogP contribution in [0.15, 0.2) is 65.3 Å². The van der Waals surface area contributed by atoms with Crippen LogP contribution in [0.4, 0.5) is 0 Å². The maximum Gasteiger partial charge on any atom is 0.884 e. The Bertz CT molecular complexity index is 969. The lowest BCUT2D eigenvalue weighted by atomic mass is 10.2. The number of nitrogens with zero attached hydrogens (tertiary/aromatic N) is 3. The summed E-state index contributed by atoms with van der Waals surface area (Å²) in [5, 5.41) is 0. The van der Waals surface area contributed by atoms with Gasteiger partial charge in [-0.1, -0.05) is 24.3 Å². The van der Waals surface area contributed by atoms with Crippen molar-refractivity contribution in [1.29, 1.82) is 0 Å². The Labute approximate surface area is 150 Å². The van der Waals surface area contributed by atoms with Crippen LogP contribution in [0.3, 0.4) is 0 Å². The topological polar surface area (TPSA) is 70.3 Å². The predicted molar refractivity (Wildman–Crippen MR) is 93.2 cm³/mol. The molecule has 0 spiro atoms. The molecule has 0 saturated carbocycles. The molecule has 0 aliphatic carbocycles. The minimum absolute atomic E-state index is 0.306. The summed E-state index contributed by atoms with van der Waals surface area (Å²) in [7, 11) is 0. The highest BCUT2D eigenvalue weighted by Crippen LogP contribution is 2.31. The molecule has 25 heavy (non-hydrogen) atoms. The van der Waals surface area contributed by atoms with E-state index in [9.17, 15) is 0 Å². The molecule has 0 fully saturated rings. The summed E-state index contributed by atoms with van der Waals surface area (Å²) < 4.78 is 17.1. The van der Waals surface area contributed by atoms with Gasteiger partial charge in [-0.15, -0.1) is 0 Å². The van der Waals surface area contributed by atoms with Crippen molar-refractivity contribution in [2.75, 3.05) is 0 Å². The van der Waals surface area contributed by atoms with E-state index in [1.807, 2.05) is 55.5 Å². The molecule has 0 bridgehead atoms. The largest absolute Gasteiger partial charge is 0.884 e. The normalized spacial score (nSPS) is 10.6. The zero-order valence-electron chi connectivity index (χ0n) is 13.4. The lowest BCUT2D eigenvalue weighted by Crippen LogP contribution is -2.13. The van der Waals surface area contributed by atoms with E-state index in [2.05, 4.69) is 15.0 Å². The Morgan fingerprint density at radius 1 is 0.920 bits per heavy atom. The molecule has 0 unspecified atom stereocenters. The van der Waals surface area contributed by atoms with Crippen molar-refractivity contribution in [3.05, 3.63) is 66.5 Å². The van der Waals surface area contributed by atoms with Gasteiger partial charge in [0, 0.05) is 12.4 Å². The number of hydrogen-bond acceptors (Lipinski definition) is 6. The summed E-state index contributed by atoms with van der Waals surface area (Å²) in [6.45, 7) is 1.92. The molecule has 7 heteroatoms. The van der Waals surface area contributed by atoms with Crippen LogP contribution in [0, 0.1) is 6.92 Å². The minimum atomic E-state index is -0.814. The Kier molecular flexibility index (Phi) is 4.34. The number of para-hydroxylation sites is 3. The van der Waals surface area contributed by atoms with Gasteiger partial charge in [0.25, 0.3) is 6.01 Å². The molecule has 4 rings (SSSR count). The standard InChI is InChI=1S/C13H9NO2.C5H6N2O.Al/c15-11-7-3-1-5-9(11)13-14-10-6-2-4-8-12(10)16-13;1-4-2-6-5(8)7-3-4;/h1-8,15H;2-3H,1H3,(H,6,7,8);/q;;+2/p-2. The van der Waals surface area contributed by atoms with Gasteiger partial charge in [-0.05, 0) is 36.8 Å². The molecule has 0 N–H and O–H groups in total. The monoisotopic (exact) mass is 346 g/mol. The zero-order valence-corrected chi connectivity index (χ0v) is 14.6. The second-order valence-electron chi connectivity index (χ2n) is 5.36. The molecule has 4 aromatic rings. The summed E-state index contributed by atoms with van der Waals surface area (Å²) in [5.41, 5.74) is 3.30. The molecule has 2 aromatic carbocycles. The summed E-state index contributed by atoms with van der Waals surface area (Å²) in [5.74, 6) is 1.17. The molecule has 0 atom stereocenters. The SMILES string of the molecule is Cc1cnc([O][Al][O]c2ccccc2-c2nc3ccccc3o2)nc1. The Balaban J connectivity index is 1.53. The summed E-state index contributed by atoms with van der Waals surface area (Å²) >= 11 is -0.814. The molecular formula is C18H13AlN3O3. The summed E-state index contributed by atoms with van der Waals surface area (Å²) in [4.78, 5) is 12.7. The van der Waals surface area contributed by atoms with Gasteiger partial charge in [0.1, 0.15) is 5.52 Å². The van der Waals surface area contributed by atoms with Gasteiger partial charge in [0.15, 0.2) is 5.58 Å². The molecule has 0 saturated heterocycles. The number of benzene rings is 2. The summed E-state index contributed by atoms with van der Waals surface area (Å²) in [6.07, 6.45) is 3.40. The Morgan fingerprint density at radius 3 is 2.52 bits per heavy atom. The van der Waals surface area contributed by atoms with E-state index >= 15 is 0 Å². The summed E-state index contributed by atoms with van der Waals surface area (Å²) in [6, 6.07) is 15.5. The molecular weight excluding hydrogens is 333 g/mol. The third-order valence-corrected chi connectivity index (χ3v) is 4.15. The maximum atomic E-state index is 5.83. The van der Waals surface area contributed by atoms with Gasteiger partial charge in [0.2, 0.25) is 5.89 Å². The van der Waals surface area contributed by atoms with E-state index in [1.54, 1.807) is 12.4 Å². The van der Waals surface area contributed by atoms with Gasteiger partial charge in [0.05, 0.1) is 11.3 Å². The number of aryl methyl sites for hydroxylation is 1. The molecule has 1 radical (unpaired) electrons. The van der Waals surface area contributed by atoms with E-state index in [1.165, 1.54) is 0 Å². The first-order valence-electron chi connectivity index (χ1n) is 7.68. The van der Waals surface area contributed by atoms with E-state index in [4.69, 9.17) is 12.0 Å². The molecule has 6 nitrogen and oxygen atoms in total. The van der Waals surface area contributed by atoms with Gasteiger partial charge in [-0.2, -0.15) is 0 Å². The highest BCUT2D eigenvalue weighted by atomic mass is 27.2. The number of aromatic nitrogens is 3. The van der Waals surface area contributed by atoms with Crippen molar-refractivity contribution in [3.8, 4) is 23.2 Å². The van der Waals surface area contributed by atoms with Crippen LogP contribution >= 0.6 is 0 Å². The predicted octanol–water partition coefficient (Wildman–Crippen LogP) is 3.59. The minimum Gasteiger partial charge on any atom is -0.615 e. The van der Waals surface area contributed by atoms with Crippen LogP contribution in [-0.2, 0) is 0 Å². The van der Waals surface area contributed by atoms with Crippen LogP contribution in [0.25, 0.3) is 22.6 Å². The number of rotatable bonds is 5. The third-order valence-electron chi connectivity index (χ3n) is 3.50. The van der Waals surface area contributed by atoms with Crippen LogP contribution in [0.5, 0.6) is 11.8 Å². The van der Waals surface area contributed by atoms with Crippen molar-refractivity contribution >= 4 is 27.0 Å². The van der Waals surface area contributed by atoms with E-state index in [0.29, 0.717) is 17.7 Å². The average Bonchev–Trinajstić information content (AvgIpc) is 3.08. The third kappa shape index (κ3) is 3.48. The van der Waals surface area contributed by atoms with Gasteiger partial charge < -0.3 is 12.0 Å². The molecule has 2 aromatic heterocycles. The van der Waals surface area contributed by atoms with Gasteiger partial charge in [-0.3, -0.25) is 0 Å². The van der Waals surface area contributed by atoms with Gasteiger partial charge >= 0.3 is 15.9 Å². The smallest absolute Gasteiger partial charge is 0.615 e. The van der Waals surface area contributed by atoms with E-state index in [0.717, 1.165) is 22.2 Å².